The normalized spacial score (nSPS) is 14.2. The van der Waals surface area contributed by atoms with Gasteiger partial charge in [0.1, 0.15) is 0 Å². The molecule has 0 radical (unpaired) electrons. The van der Waals surface area contributed by atoms with Crippen LogP contribution in [0.4, 0.5) is 0 Å². The number of rotatable bonds is 8. The Balaban J connectivity index is 3.29. The minimum atomic E-state index is -0.0396. The SMILES string of the molecule is CCCCSCC(C)NCOC(C)(C)C. The fourth-order valence-corrected chi connectivity index (χ4v) is 2.10. The third-order valence-electron chi connectivity index (χ3n) is 1.95. The van der Waals surface area contributed by atoms with E-state index >= 15 is 0 Å². The van der Waals surface area contributed by atoms with E-state index in [1.54, 1.807) is 0 Å². The standard InChI is InChI=1S/C12H27NOS/c1-6-7-8-15-9-11(2)13-10-14-12(3,4)5/h11,13H,6-10H2,1-5H3. The summed E-state index contributed by atoms with van der Waals surface area (Å²) in [5.74, 6) is 2.45. The molecule has 0 aliphatic heterocycles. The molecule has 1 atom stereocenters. The van der Waals surface area contributed by atoms with Gasteiger partial charge in [-0.2, -0.15) is 11.8 Å². The van der Waals surface area contributed by atoms with Crippen molar-refractivity contribution in [2.45, 2.75) is 59.1 Å². The largest absolute Gasteiger partial charge is 0.361 e. The summed E-state index contributed by atoms with van der Waals surface area (Å²) in [4.78, 5) is 0. The van der Waals surface area contributed by atoms with Crippen LogP contribution < -0.4 is 5.32 Å². The van der Waals surface area contributed by atoms with E-state index in [0.29, 0.717) is 12.8 Å². The van der Waals surface area contributed by atoms with Gasteiger partial charge in [-0.1, -0.05) is 13.3 Å². The second-order valence-corrected chi connectivity index (χ2v) is 6.08. The Hall–Kier alpha value is 0.270. The maximum Gasteiger partial charge on any atom is 0.0974 e. The molecular weight excluding hydrogens is 206 g/mol. The van der Waals surface area contributed by atoms with Gasteiger partial charge in [0.05, 0.1) is 12.3 Å². The van der Waals surface area contributed by atoms with Crippen molar-refractivity contribution in [1.82, 2.24) is 5.32 Å². The molecule has 0 aromatic heterocycles. The van der Waals surface area contributed by atoms with Crippen LogP contribution >= 0.6 is 11.8 Å². The lowest BCUT2D eigenvalue weighted by Crippen LogP contribution is -2.34. The summed E-state index contributed by atoms with van der Waals surface area (Å²) in [5, 5.41) is 3.37. The molecule has 2 nitrogen and oxygen atoms in total. The highest BCUT2D eigenvalue weighted by Gasteiger charge is 2.10. The van der Waals surface area contributed by atoms with Crippen LogP contribution in [-0.4, -0.2) is 29.9 Å². The quantitative estimate of drug-likeness (QED) is 0.513. The average Bonchev–Trinajstić information content (AvgIpc) is 2.10. The van der Waals surface area contributed by atoms with Gasteiger partial charge < -0.3 is 4.74 Å². The van der Waals surface area contributed by atoms with Crippen LogP contribution in [0.1, 0.15) is 47.5 Å². The number of hydrogen-bond donors (Lipinski definition) is 1. The predicted octanol–water partition coefficient (Wildman–Crippen LogP) is 3.27. The highest BCUT2D eigenvalue weighted by atomic mass is 32.2. The number of nitrogens with one attached hydrogen (secondary N) is 1. The van der Waals surface area contributed by atoms with E-state index in [1.807, 2.05) is 11.8 Å². The van der Waals surface area contributed by atoms with Crippen molar-refractivity contribution in [3.05, 3.63) is 0 Å². The Bertz CT molecular complexity index is 145. The number of thioether (sulfide) groups is 1. The van der Waals surface area contributed by atoms with Crippen molar-refractivity contribution < 1.29 is 4.74 Å². The maximum atomic E-state index is 5.61. The van der Waals surface area contributed by atoms with E-state index in [4.69, 9.17) is 4.74 Å². The van der Waals surface area contributed by atoms with E-state index in [9.17, 15) is 0 Å². The molecule has 0 aromatic carbocycles. The van der Waals surface area contributed by atoms with E-state index in [-0.39, 0.29) is 5.60 Å². The van der Waals surface area contributed by atoms with Crippen molar-refractivity contribution in [3.63, 3.8) is 0 Å². The van der Waals surface area contributed by atoms with Gasteiger partial charge in [0.15, 0.2) is 0 Å². The number of ether oxygens (including phenoxy) is 1. The lowest BCUT2D eigenvalue weighted by Gasteiger charge is -2.21. The molecule has 1 N–H and O–H groups in total. The van der Waals surface area contributed by atoms with Crippen LogP contribution in [0.3, 0.4) is 0 Å². The Kier molecular flexibility index (Phi) is 8.58. The molecule has 3 heteroatoms. The molecule has 15 heavy (non-hydrogen) atoms. The Morgan fingerprint density at radius 3 is 2.53 bits per heavy atom. The van der Waals surface area contributed by atoms with Gasteiger partial charge >= 0.3 is 0 Å². The van der Waals surface area contributed by atoms with Gasteiger partial charge in [-0.3, -0.25) is 5.32 Å². The van der Waals surface area contributed by atoms with E-state index < -0.39 is 0 Å². The summed E-state index contributed by atoms with van der Waals surface area (Å²) in [6.07, 6.45) is 2.62. The molecule has 0 saturated carbocycles. The minimum absolute atomic E-state index is 0.0396. The van der Waals surface area contributed by atoms with Crippen molar-refractivity contribution in [2.24, 2.45) is 0 Å². The molecule has 0 saturated heterocycles. The summed E-state index contributed by atoms with van der Waals surface area (Å²) < 4.78 is 5.61. The van der Waals surface area contributed by atoms with Crippen molar-refractivity contribution in [1.29, 1.82) is 0 Å². The lowest BCUT2D eigenvalue weighted by molar-refractivity contribution is -0.0156. The molecular formula is C12H27NOS. The zero-order chi connectivity index (χ0) is 11.7. The van der Waals surface area contributed by atoms with Gasteiger partial charge in [0.25, 0.3) is 0 Å². The van der Waals surface area contributed by atoms with Gasteiger partial charge in [-0.15, -0.1) is 0 Å². The molecule has 0 aliphatic rings. The summed E-state index contributed by atoms with van der Waals surface area (Å²) in [6.45, 7) is 11.3. The highest BCUT2D eigenvalue weighted by molar-refractivity contribution is 7.99. The molecule has 0 spiro atoms. The van der Waals surface area contributed by atoms with Crippen molar-refractivity contribution in [2.75, 3.05) is 18.2 Å². The predicted molar refractivity (Wildman–Crippen MR) is 70.5 cm³/mol. The van der Waals surface area contributed by atoms with Crippen molar-refractivity contribution >= 4 is 11.8 Å². The zero-order valence-corrected chi connectivity index (χ0v) is 11.7. The molecule has 0 heterocycles. The number of unbranched alkanes of at least 4 members (excludes halogenated alkanes) is 1. The molecule has 0 amide bonds. The first-order valence-electron chi connectivity index (χ1n) is 5.91. The van der Waals surface area contributed by atoms with Gasteiger partial charge in [0, 0.05) is 11.8 Å². The van der Waals surface area contributed by atoms with Gasteiger partial charge in [-0.25, -0.2) is 0 Å². The maximum absolute atomic E-state index is 5.61. The van der Waals surface area contributed by atoms with E-state index in [2.05, 4.69) is 39.9 Å². The first-order valence-corrected chi connectivity index (χ1v) is 7.06. The van der Waals surface area contributed by atoms with Crippen LogP contribution in [0.15, 0.2) is 0 Å². The molecule has 0 fully saturated rings. The van der Waals surface area contributed by atoms with Gasteiger partial charge in [0.2, 0.25) is 0 Å². The fraction of sp³-hybridized carbons (Fsp3) is 1.00. The van der Waals surface area contributed by atoms with E-state index in [0.717, 1.165) is 0 Å². The van der Waals surface area contributed by atoms with Crippen molar-refractivity contribution in [3.8, 4) is 0 Å². The summed E-state index contributed by atoms with van der Waals surface area (Å²) in [5.41, 5.74) is -0.0396. The third-order valence-corrected chi connectivity index (χ3v) is 3.26. The third kappa shape index (κ3) is 12.2. The average molecular weight is 233 g/mol. The zero-order valence-electron chi connectivity index (χ0n) is 10.9. The van der Waals surface area contributed by atoms with Crippen LogP contribution in [0.5, 0.6) is 0 Å². The van der Waals surface area contributed by atoms with Crippen LogP contribution in [0.25, 0.3) is 0 Å². The summed E-state index contributed by atoms with van der Waals surface area (Å²) in [6, 6.07) is 0.536. The highest BCUT2D eigenvalue weighted by Crippen LogP contribution is 2.07. The first-order chi connectivity index (χ1) is 6.95. The molecule has 0 bridgehead atoms. The summed E-state index contributed by atoms with van der Waals surface area (Å²) >= 11 is 2.03. The van der Waals surface area contributed by atoms with Crippen LogP contribution in [0.2, 0.25) is 0 Å². The second kappa shape index (κ2) is 8.43. The molecule has 1 unspecified atom stereocenters. The van der Waals surface area contributed by atoms with Crippen LogP contribution in [-0.2, 0) is 4.74 Å². The number of hydrogen-bond acceptors (Lipinski definition) is 3. The smallest absolute Gasteiger partial charge is 0.0974 e. The van der Waals surface area contributed by atoms with Crippen LogP contribution in [0, 0.1) is 0 Å². The lowest BCUT2D eigenvalue weighted by atomic mass is 10.2. The fourth-order valence-electron chi connectivity index (χ4n) is 0.966. The molecule has 92 valence electrons. The Labute approximate surface area is 99.5 Å². The molecule has 0 aliphatic carbocycles. The van der Waals surface area contributed by atoms with Gasteiger partial charge in [-0.05, 0) is 39.9 Å². The summed E-state index contributed by atoms with van der Waals surface area (Å²) in [7, 11) is 0. The molecule has 0 aromatic rings. The minimum Gasteiger partial charge on any atom is -0.361 e. The molecule has 0 rings (SSSR count). The topological polar surface area (TPSA) is 21.3 Å². The first kappa shape index (κ1) is 15.3. The van der Waals surface area contributed by atoms with E-state index in [1.165, 1.54) is 24.3 Å². The Morgan fingerprint density at radius 1 is 1.33 bits per heavy atom. The second-order valence-electron chi connectivity index (χ2n) is 4.93. The monoisotopic (exact) mass is 233 g/mol. The Morgan fingerprint density at radius 2 is 2.00 bits per heavy atom.